The Morgan fingerprint density at radius 3 is 2.83 bits per heavy atom. The lowest BCUT2D eigenvalue weighted by molar-refractivity contribution is 0.0303. The predicted octanol–water partition coefficient (Wildman–Crippen LogP) is 3.70. The summed E-state index contributed by atoms with van der Waals surface area (Å²) in [5.74, 6) is 1.20. The van der Waals surface area contributed by atoms with Crippen LogP contribution in [0.25, 0.3) is 0 Å². The van der Waals surface area contributed by atoms with E-state index in [-0.39, 0.29) is 23.6 Å². The van der Waals surface area contributed by atoms with E-state index >= 15 is 0 Å². The molecule has 0 spiro atoms. The van der Waals surface area contributed by atoms with E-state index in [0.29, 0.717) is 43.5 Å². The number of methoxy groups -OCH3 is 1. The van der Waals surface area contributed by atoms with Crippen molar-refractivity contribution in [1.29, 1.82) is 0 Å². The number of hydrogen-bond acceptors (Lipinski definition) is 5. The van der Waals surface area contributed by atoms with E-state index in [4.69, 9.17) is 9.47 Å². The standard InChI is InChI=1S/C24H26N2O4/c1-29-21-9-8-15(14-20(21)27)22-17-5-2-4-16(17)18-6-3-7-19(23(18)25-22)24(28)26-10-12-30-13-11-26/h2-4,6-9,14,16-17,22,25,27H,5,10-13H2,1H3. The van der Waals surface area contributed by atoms with Crippen LogP contribution in [-0.2, 0) is 4.74 Å². The van der Waals surface area contributed by atoms with Crippen molar-refractivity contribution in [2.45, 2.75) is 18.4 Å². The fourth-order valence-electron chi connectivity index (χ4n) is 4.97. The van der Waals surface area contributed by atoms with E-state index < -0.39 is 0 Å². The number of carbonyl (C=O) groups excluding carboxylic acids is 1. The molecule has 0 aromatic heterocycles. The first-order chi connectivity index (χ1) is 14.7. The zero-order valence-electron chi connectivity index (χ0n) is 17.0. The summed E-state index contributed by atoms with van der Waals surface area (Å²) in [5.41, 5.74) is 3.77. The minimum absolute atomic E-state index is 0.00653. The monoisotopic (exact) mass is 406 g/mol. The van der Waals surface area contributed by atoms with E-state index in [1.165, 1.54) is 5.56 Å². The number of benzene rings is 2. The van der Waals surface area contributed by atoms with Crippen molar-refractivity contribution in [3.8, 4) is 11.5 Å². The lowest BCUT2D eigenvalue weighted by Gasteiger charge is -2.39. The van der Waals surface area contributed by atoms with Gasteiger partial charge in [-0.25, -0.2) is 0 Å². The summed E-state index contributed by atoms with van der Waals surface area (Å²) in [6.07, 6.45) is 5.43. The lowest BCUT2D eigenvalue weighted by atomic mass is 9.76. The maximum Gasteiger partial charge on any atom is 0.256 e. The Kier molecular flexibility index (Phi) is 4.87. The molecular weight excluding hydrogens is 380 g/mol. The first-order valence-corrected chi connectivity index (χ1v) is 10.5. The highest BCUT2D eigenvalue weighted by molar-refractivity contribution is 6.01. The Morgan fingerprint density at radius 2 is 2.07 bits per heavy atom. The first kappa shape index (κ1) is 19.0. The molecule has 3 unspecified atom stereocenters. The van der Waals surface area contributed by atoms with Crippen LogP contribution in [0, 0.1) is 5.92 Å². The van der Waals surface area contributed by atoms with Gasteiger partial charge in [-0.3, -0.25) is 4.79 Å². The molecule has 1 amide bonds. The number of amides is 1. The van der Waals surface area contributed by atoms with Crippen LogP contribution in [0.5, 0.6) is 11.5 Å². The maximum absolute atomic E-state index is 13.3. The van der Waals surface area contributed by atoms with Gasteiger partial charge in [0.05, 0.1) is 37.6 Å². The van der Waals surface area contributed by atoms with Crippen LogP contribution in [-0.4, -0.2) is 49.3 Å². The number of nitrogens with one attached hydrogen (secondary N) is 1. The molecule has 1 aliphatic carbocycles. The number of morpholine rings is 1. The molecule has 6 nitrogen and oxygen atoms in total. The van der Waals surface area contributed by atoms with Gasteiger partial charge in [-0.15, -0.1) is 0 Å². The summed E-state index contributed by atoms with van der Waals surface area (Å²) in [6.45, 7) is 2.39. The number of phenolic OH excluding ortho intramolecular Hbond substituents is 1. The van der Waals surface area contributed by atoms with Gasteiger partial charge in [-0.1, -0.05) is 30.4 Å². The maximum atomic E-state index is 13.3. The molecule has 1 fully saturated rings. The Labute approximate surface area is 176 Å². The Hall–Kier alpha value is -2.99. The molecule has 2 aromatic carbocycles. The number of phenols is 1. The SMILES string of the molecule is COc1ccc(C2Nc3c(C(=O)N4CCOCC4)cccc3C3C=CCC32)cc1O. The second-order valence-electron chi connectivity index (χ2n) is 8.08. The predicted molar refractivity (Wildman–Crippen MR) is 114 cm³/mol. The summed E-state index contributed by atoms with van der Waals surface area (Å²) in [4.78, 5) is 15.2. The number of aromatic hydroxyl groups is 1. The molecule has 6 heteroatoms. The van der Waals surface area contributed by atoms with Crippen molar-refractivity contribution in [2.75, 3.05) is 38.7 Å². The summed E-state index contributed by atoms with van der Waals surface area (Å²) in [7, 11) is 1.55. The van der Waals surface area contributed by atoms with Crippen molar-refractivity contribution < 1.29 is 19.4 Å². The quantitative estimate of drug-likeness (QED) is 0.761. The third-order valence-electron chi connectivity index (χ3n) is 6.49. The summed E-state index contributed by atoms with van der Waals surface area (Å²) >= 11 is 0. The molecule has 0 saturated carbocycles. The zero-order valence-corrected chi connectivity index (χ0v) is 17.0. The fourth-order valence-corrected chi connectivity index (χ4v) is 4.97. The van der Waals surface area contributed by atoms with Gasteiger partial charge in [-0.2, -0.15) is 0 Å². The molecule has 2 aromatic rings. The zero-order chi connectivity index (χ0) is 20.7. The van der Waals surface area contributed by atoms with Crippen molar-refractivity contribution in [3.63, 3.8) is 0 Å². The fraction of sp³-hybridized carbons (Fsp3) is 0.375. The molecule has 156 valence electrons. The molecule has 0 radical (unpaired) electrons. The van der Waals surface area contributed by atoms with Gasteiger partial charge in [0.1, 0.15) is 0 Å². The van der Waals surface area contributed by atoms with Gasteiger partial charge in [-0.05, 0) is 41.7 Å². The molecule has 2 heterocycles. The van der Waals surface area contributed by atoms with Crippen molar-refractivity contribution in [3.05, 3.63) is 65.2 Å². The molecule has 3 aliphatic rings. The highest BCUT2D eigenvalue weighted by atomic mass is 16.5. The van der Waals surface area contributed by atoms with Crippen LogP contribution in [0.4, 0.5) is 5.69 Å². The second-order valence-corrected chi connectivity index (χ2v) is 8.08. The van der Waals surface area contributed by atoms with Crippen molar-refractivity contribution in [2.24, 2.45) is 5.92 Å². The number of hydrogen-bond donors (Lipinski definition) is 2. The normalized spacial score (nSPS) is 24.7. The molecule has 2 N–H and O–H groups in total. The van der Waals surface area contributed by atoms with E-state index in [2.05, 4.69) is 23.5 Å². The molecular formula is C24H26N2O4. The first-order valence-electron chi connectivity index (χ1n) is 10.5. The van der Waals surface area contributed by atoms with Crippen LogP contribution in [0.2, 0.25) is 0 Å². The smallest absolute Gasteiger partial charge is 0.256 e. The van der Waals surface area contributed by atoms with E-state index in [1.54, 1.807) is 19.2 Å². The van der Waals surface area contributed by atoms with Crippen LogP contribution >= 0.6 is 0 Å². The molecule has 1 saturated heterocycles. The average molecular weight is 406 g/mol. The highest BCUT2D eigenvalue weighted by Gasteiger charge is 2.40. The van der Waals surface area contributed by atoms with Gasteiger partial charge in [0.15, 0.2) is 11.5 Å². The van der Waals surface area contributed by atoms with E-state index in [1.807, 2.05) is 23.1 Å². The largest absolute Gasteiger partial charge is 0.504 e. The summed E-state index contributed by atoms with van der Waals surface area (Å²) < 4.78 is 10.6. The van der Waals surface area contributed by atoms with Crippen molar-refractivity contribution >= 4 is 11.6 Å². The Bertz CT molecular complexity index is 997. The third kappa shape index (κ3) is 3.12. The van der Waals surface area contributed by atoms with Gasteiger partial charge in [0, 0.05) is 19.0 Å². The third-order valence-corrected chi connectivity index (χ3v) is 6.49. The van der Waals surface area contributed by atoms with E-state index in [0.717, 1.165) is 17.7 Å². The number of para-hydroxylation sites is 1. The van der Waals surface area contributed by atoms with Crippen LogP contribution in [0.15, 0.2) is 48.6 Å². The van der Waals surface area contributed by atoms with Gasteiger partial charge in [0.2, 0.25) is 0 Å². The minimum Gasteiger partial charge on any atom is -0.504 e. The number of anilines is 1. The topological polar surface area (TPSA) is 71.0 Å². The highest BCUT2D eigenvalue weighted by Crippen LogP contribution is 2.51. The van der Waals surface area contributed by atoms with Crippen LogP contribution in [0.3, 0.4) is 0 Å². The number of ether oxygens (including phenoxy) is 2. The number of allylic oxidation sites excluding steroid dienone is 2. The Balaban J connectivity index is 1.54. The Morgan fingerprint density at radius 1 is 1.23 bits per heavy atom. The molecule has 3 atom stereocenters. The molecule has 0 bridgehead atoms. The number of fused-ring (bicyclic) bond motifs is 3. The average Bonchev–Trinajstić information content (AvgIpc) is 3.28. The second kappa shape index (κ2) is 7.69. The van der Waals surface area contributed by atoms with Gasteiger partial charge >= 0.3 is 0 Å². The lowest BCUT2D eigenvalue weighted by Crippen LogP contribution is -2.41. The van der Waals surface area contributed by atoms with Crippen LogP contribution in [0.1, 0.15) is 39.9 Å². The number of nitrogens with zero attached hydrogens (tertiary/aromatic N) is 1. The molecule has 5 rings (SSSR count). The minimum atomic E-state index is -0.00653. The van der Waals surface area contributed by atoms with Crippen LogP contribution < -0.4 is 10.1 Å². The number of carbonyl (C=O) groups is 1. The molecule has 2 aliphatic heterocycles. The molecule has 30 heavy (non-hydrogen) atoms. The summed E-state index contributed by atoms with van der Waals surface area (Å²) in [6, 6.07) is 11.6. The van der Waals surface area contributed by atoms with Gasteiger partial charge < -0.3 is 24.8 Å². The summed E-state index contributed by atoms with van der Waals surface area (Å²) in [5, 5.41) is 14.0. The van der Waals surface area contributed by atoms with Gasteiger partial charge in [0.25, 0.3) is 5.91 Å². The van der Waals surface area contributed by atoms with Crippen molar-refractivity contribution in [1.82, 2.24) is 4.90 Å². The van der Waals surface area contributed by atoms with E-state index in [9.17, 15) is 9.90 Å². The number of rotatable bonds is 3.